The third-order valence-electron chi connectivity index (χ3n) is 5.04. The third kappa shape index (κ3) is 5.43. The molecule has 0 bridgehead atoms. The Bertz CT molecular complexity index is 631. The van der Waals surface area contributed by atoms with Gasteiger partial charge in [0.25, 0.3) is 0 Å². The number of nitrogens with one attached hydrogen (secondary N) is 1. The molecule has 1 aliphatic rings. The van der Waals surface area contributed by atoms with Crippen molar-refractivity contribution < 1.29 is 22.8 Å². The van der Waals surface area contributed by atoms with E-state index in [4.69, 9.17) is 0 Å². The second-order valence-corrected chi connectivity index (χ2v) is 6.99. The molecule has 1 aliphatic carbocycles. The Morgan fingerprint density at radius 3 is 2.33 bits per heavy atom. The van der Waals surface area contributed by atoms with Crippen LogP contribution in [0.15, 0.2) is 24.5 Å². The molecule has 150 valence electrons. The first-order chi connectivity index (χ1) is 12.8. The highest BCUT2D eigenvalue weighted by Crippen LogP contribution is 2.31. The Hall–Kier alpha value is -2.12. The van der Waals surface area contributed by atoms with E-state index in [1.807, 2.05) is 0 Å². The highest BCUT2D eigenvalue weighted by Gasteiger charge is 2.48. The van der Waals surface area contributed by atoms with Crippen LogP contribution < -0.4 is 5.32 Å². The van der Waals surface area contributed by atoms with Crippen LogP contribution in [0, 0.1) is 0 Å². The van der Waals surface area contributed by atoms with Crippen molar-refractivity contribution in [1.29, 1.82) is 0 Å². The first kappa shape index (κ1) is 21.2. The largest absolute Gasteiger partial charge is 0.471 e. The molecule has 1 saturated carbocycles. The summed E-state index contributed by atoms with van der Waals surface area (Å²) in [5.74, 6) is -2.58. The fourth-order valence-electron chi connectivity index (χ4n) is 3.43. The zero-order chi connectivity index (χ0) is 20.0. The number of hydrogen-bond acceptors (Lipinski definition) is 3. The van der Waals surface area contributed by atoms with Crippen molar-refractivity contribution in [3.8, 4) is 0 Å². The lowest BCUT2D eigenvalue weighted by molar-refractivity contribution is -0.191. The van der Waals surface area contributed by atoms with E-state index in [9.17, 15) is 22.8 Å². The second kappa shape index (κ2) is 9.19. The van der Waals surface area contributed by atoms with E-state index in [0.29, 0.717) is 16.9 Å². The van der Waals surface area contributed by atoms with Crippen LogP contribution in [-0.2, 0) is 9.59 Å². The predicted octanol–water partition coefficient (Wildman–Crippen LogP) is 3.76. The molecule has 1 heterocycles. The minimum Gasteiger partial charge on any atom is -0.351 e. The van der Waals surface area contributed by atoms with Crippen molar-refractivity contribution in [1.82, 2.24) is 15.2 Å². The van der Waals surface area contributed by atoms with Crippen LogP contribution in [0.1, 0.15) is 64.0 Å². The molecule has 2 atom stereocenters. The number of carbonyl (C=O) groups excluding carboxylic acids is 2. The molecule has 0 spiro atoms. The Morgan fingerprint density at radius 2 is 1.81 bits per heavy atom. The fraction of sp³-hybridized carbons (Fsp3) is 0.632. The number of alkyl halides is 3. The van der Waals surface area contributed by atoms with Crippen molar-refractivity contribution >= 4 is 11.8 Å². The molecule has 0 radical (unpaired) electrons. The topological polar surface area (TPSA) is 62.3 Å². The molecule has 2 unspecified atom stereocenters. The molecule has 5 nitrogen and oxygen atoms in total. The molecule has 0 saturated heterocycles. The summed E-state index contributed by atoms with van der Waals surface area (Å²) < 4.78 is 39.8. The number of rotatable bonds is 6. The molecule has 27 heavy (non-hydrogen) atoms. The first-order valence-corrected chi connectivity index (χ1v) is 9.35. The van der Waals surface area contributed by atoms with Crippen LogP contribution in [0.2, 0.25) is 0 Å². The van der Waals surface area contributed by atoms with Gasteiger partial charge in [-0.1, -0.05) is 26.2 Å². The molecule has 1 aromatic rings. The normalized spacial score (nSPS) is 17.8. The van der Waals surface area contributed by atoms with Gasteiger partial charge in [0.05, 0.1) is 0 Å². The lowest BCUT2D eigenvalue weighted by atomic mass is 9.94. The molecule has 1 fully saturated rings. The van der Waals surface area contributed by atoms with Crippen molar-refractivity contribution in [2.24, 2.45) is 0 Å². The summed E-state index contributed by atoms with van der Waals surface area (Å²) in [6, 6.07) is 0.776. The van der Waals surface area contributed by atoms with Gasteiger partial charge in [-0.15, -0.1) is 0 Å². The van der Waals surface area contributed by atoms with Gasteiger partial charge in [0, 0.05) is 24.5 Å². The average molecular weight is 385 g/mol. The summed E-state index contributed by atoms with van der Waals surface area (Å²) in [4.78, 5) is 29.7. The van der Waals surface area contributed by atoms with Gasteiger partial charge in [-0.05, 0) is 43.9 Å². The van der Waals surface area contributed by atoms with Crippen LogP contribution in [0.4, 0.5) is 13.2 Å². The molecule has 0 aromatic carbocycles. The van der Waals surface area contributed by atoms with Gasteiger partial charge >= 0.3 is 12.1 Å². The summed E-state index contributed by atoms with van der Waals surface area (Å²) in [7, 11) is 0. The van der Waals surface area contributed by atoms with Crippen molar-refractivity contribution in [3.05, 3.63) is 30.1 Å². The highest BCUT2D eigenvalue weighted by molar-refractivity contribution is 5.91. The Morgan fingerprint density at radius 1 is 1.22 bits per heavy atom. The number of pyridine rings is 1. The standard InChI is InChI=1S/C19H26F3N3O2/c1-3-13(2)25(18(27)19(20,21)22)16(14-9-11-23-12-10-14)17(26)24-15-7-5-4-6-8-15/h9-13,15-16H,3-8H2,1-2H3,(H,24,26). The molecule has 8 heteroatoms. The molecule has 1 aromatic heterocycles. The summed E-state index contributed by atoms with van der Waals surface area (Å²) in [6.07, 6.45) is 2.68. The number of hydrogen-bond donors (Lipinski definition) is 1. The SMILES string of the molecule is CCC(C)N(C(=O)C(F)(F)F)C(C(=O)NC1CCCCC1)c1ccncc1. The smallest absolute Gasteiger partial charge is 0.351 e. The zero-order valence-electron chi connectivity index (χ0n) is 15.6. The molecular weight excluding hydrogens is 359 g/mol. The summed E-state index contributed by atoms with van der Waals surface area (Å²) in [6.45, 7) is 3.20. The van der Waals surface area contributed by atoms with Gasteiger partial charge in [-0.25, -0.2) is 0 Å². The zero-order valence-corrected chi connectivity index (χ0v) is 15.6. The van der Waals surface area contributed by atoms with E-state index in [2.05, 4.69) is 10.3 Å². The van der Waals surface area contributed by atoms with E-state index in [1.165, 1.54) is 31.5 Å². The first-order valence-electron chi connectivity index (χ1n) is 9.35. The third-order valence-corrected chi connectivity index (χ3v) is 5.04. The molecule has 0 aliphatic heterocycles. The molecular formula is C19H26F3N3O2. The average Bonchev–Trinajstić information content (AvgIpc) is 2.65. The summed E-state index contributed by atoms with van der Waals surface area (Å²) >= 11 is 0. The van der Waals surface area contributed by atoms with Crippen LogP contribution >= 0.6 is 0 Å². The van der Waals surface area contributed by atoms with Crippen LogP contribution in [0.3, 0.4) is 0 Å². The Balaban J connectivity index is 2.39. The van der Waals surface area contributed by atoms with E-state index < -0.39 is 30.1 Å². The number of nitrogens with zero attached hydrogens (tertiary/aromatic N) is 2. The lowest BCUT2D eigenvalue weighted by Crippen LogP contribution is -2.53. The predicted molar refractivity (Wildman–Crippen MR) is 94.6 cm³/mol. The van der Waals surface area contributed by atoms with Crippen molar-refractivity contribution in [3.63, 3.8) is 0 Å². The lowest BCUT2D eigenvalue weighted by Gasteiger charge is -2.37. The molecule has 2 rings (SSSR count). The fourth-order valence-corrected chi connectivity index (χ4v) is 3.43. The molecule has 1 N–H and O–H groups in total. The maximum absolute atomic E-state index is 13.3. The van der Waals surface area contributed by atoms with Crippen molar-refractivity contribution in [2.45, 2.75) is 76.7 Å². The van der Waals surface area contributed by atoms with E-state index >= 15 is 0 Å². The van der Waals surface area contributed by atoms with Gasteiger partial charge < -0.3 is 10.2 Å². The number of aromatic nitrogens is 1. The number of amides is 2. The maximum Gasteiger partial charge on any atom is 0.471 e. The minimum atomic E-state index is -5.06. The van der Waals surface area contributed by atoms with E-state index in [0.717, 1.165) is 32.1 Å². The Kier molecular flexibility index (Phi) is 7.21. The van der Waals surface area contributed by atoms with Crippen molar-refractivity contribution in [2.75, 3.05) is 0 Å². The van der Waals surface area contributed by atoms with Crippen LogP contribution in [0.25, 0.3) is 0 Å². The van der Waals surface area contributed by atoms with E-state index in [1.54, 1.807) is 6.92 Å². The number of carbonyl (C=O) groups is 2. The minimum absolute atomic E-state index is 0.0737. The van der Waals surface area contributed by atoms with Gasteiger partial charge in [0.1, 0.15) is 6.04 Å². The van der Waals surface area contributed by atoms with Gasteiger partial charge in [-0.3, -0.25) is 14.6 Å². The van der Waals surface area contributed by atoms with Crippen LogP contribution in [-0.4, -0.2) is 40.0 Å². The second-order valence-electron chi connectivity index (χ2n) is 6.99. The number of halogens is 3. The highest BCUT2D eigenvalue weighted by atomic mass is 19.4. The Labute approximate surface area is 157 Å². The molecule has 2 amide bonds. The van der Waals surface area contributed by atoms with E-state index in [-0.39, 0.29) is 6.04 Å². The summed E-state index contributed by atoms with van der Waals surface area (Å²) in [5.41, 5.74) is 0.316. The van der Waals surface area contributed by atoms with Gasteiger partial charge in [0.15, 0.2) is 0 Å². The maximum atomic E-state index is 13.3. The monoisotopic (exact) mass is 385 g/mol. The van der Waals surface area contributed by atoms with Gasteiger partial charge in [0.2, 0.25) is 5.91 Å². The van der Waals surface area contributed by atoms with Gasteiger partial charge in [-0.2, -0.15) is 13.2 Å². The quantitative estimate of drug-likeness (QED) is 0.811. The summed E-state index contributed by atoms with van der Waals surface area (Å²) in [5, 5.41) is 2.86. The van der Waals surface area contributed by atoms with Crippen LogP contribution in [0.5, 0.6) is 0 Å².